The van der Waals surface area contributed by atoms with Gasteiger partial charge in [-0.25, -0.2) is 4.79 Å². The van der Waals surface area contributed by atoms with Crippen LogP contribution in [0.2, 0.25) is 0 Å². The van der Waals surface area contributed by atoms with E-state index in [-0.39, 0.29) is 42.1 Å². The third-order valence-corrected chi connectivity index (χ3v) is 6.28. The first-order valence-electron chi connectivity index (χ1n) is 10.5. The zero-order valence-electron chi connectivity index (χ0n) is 18.9. The number of H-pyrrole nitrogens is 1. The third kappa shape index (κ3) is 4.97. The summed E-state index contributed by atoms with van der Waals surface area (Å²) in [5, 5.41) is 19.6. The molecule has 0 aromatic carbocycles. The minimum atomic E-state index is -1.06. The molecule has 5 N–H and O–H groups in total. The normalized spacial score (nSPS) is 12.5. The summed E-state index contributed by atoms with van der Waals surface area (Å²) in [5.74, 6) is -0.528. The Morgan fingerprint density at radius 1 is 1.33 bits per heavy atom. The number of aromatic amines is 1. The smallest absolute Gasteiger partial charge is 0.331 e. The number of carbonyl (C=O) groups is 1. The topological polar surface area (TPSA) is 162 Å². The highest BCUT2D eigenvalue weighted by Gasteiger charge is 2.27. The fourth-order valence-corrected chi connectivity index (χ4v) is 4.75. The van der Waals surface area contributed by atoms with Crippen molar-refractivity contribution in [3.63, 3.8) is 0 Å². The van der Waals surface area contributed by atoms with Crippen LogP contribution in [0.3, 0.4) is 0 Å². The Bertz CT molecular complexity index is 1370. The van der Waals surface area contributed by atoms with Crippen LogP contribution < -0.4 is 22.1 Å². The summed E-state index contributed by atoms with van der Waals surface area (Å²) >= 11 is 1.10. The number of aliphatic hydroxyl groups is 1. The summed E-state index contributed by atoms with van der Waals surface area (Å²) in [7, 11) is 1.36. The first kappa shape index (κ1) is 24.6. The highest BCUT2D eigenvalue weighted by molar-refractivity contribution is 7.19. The van der Waals surface area contributed by atoms with E-state index in [2.05, 4.69) is 15.3 Å². The van der Waals surface area contributed by atoms with Crippen molar-refractivity contribution in [2.24, 2.45) is 13.0 Å². The van der Waals surface area contributed by atoms with E-state index in [9.17, 15) is 24.3 Å². The van der Waals surface area contributed by atoms with E-state index < -0.39 is 28.8 Å². The fourth-order valence-electron chi connectivity index (χ4n) is 3.46. The Hall–Kier alpha value is -3.09. The molecule has 3 heterocycles. The summed E-state index contributed by atoms with van der Waals surface area (Å²) in [6.45, 7) is 5.46. The molecule has 33 heavy (non-hydrogen) atoms. The van der Waals surface area contributed by atoms with Crippen molar-refractivity contribution in [2.45, 2.75) is 39.8 Å². The number of aliphatic hydroxyl groups excluding tert-OH is 1. The molecule has 3 aromatic rings. The van der Waals surface area contributed by atoms with Crippen molar-refractivity contribution in [1.29, 1.82) is 0 Å². The maximum Gasteiger partial charge on any atom is 0.331 e. The molecular formula is C21H28N5O6S+. The Balaban J connectivity index is 2.29. The predicted octanol–water partition coefficient (Wildman–Crippen LogP) is -0.784. The van der Waals surface area contributed by atoms with Crippen molar-refractivity contribution in [2.75, 3.05) is 13.2 Å². The Labute approximate surface area is 192 Å². The molecule has 1 amide bonds. The van der Waals surface area contributed by atoms with E-state index in [0.29, 0.717) is 21.9 Å². The first-order valence-corrected chi connectivity index (χ1v) is 11.3. The van der Waals surface area contributed by atoms with Crippen LogP contribution in [0.15, 0.2) is 20.6 Å². The van der Waals surface area contributed by atoms with Gasteiger partial charge in [0, 0.05) is 31.1 Å². The lowest BCUT2D eigenvalue weighted by Crippen LogP contribution is -2.39. The lowest BCUT2D eigenvalue weighted by Gasteiger charge is -2.12. The number of fused-ring (bicyclic) bond motifs is 1. The van der Waals surface area contributed by atoms with E-state index in [1.54, 1.807) is 6.92 Å². The van der Waals surface area contributed by atoms with Gasteiger partial charge in [-0.3, -0.25) is 28.5 Å². The Morgan fingerprint density at radius 2 is 2.03 bits per heavy atom. The highest BCUT2D eigenvalue weighted by Crippen LogP contribution is 2.30. The molecule has 0 aliphatic heterocycles. The molecule has 1 atom stereocenters. The van der Waals surface area contributed by atoms with Crippen LogP contribution in [0.1, 0.15) is 40.5 Å². The number of thiophene rings is 1. The van der Waals surface area contributed by atoms with E-state index in [1.807, 2.05) is 13.8 Å². The summed E-state index contributed by atoms with van der Waals surface area (Å²) in [6, 6.07) is 0. The van der Waals surface area contributed by atoms with Gasteiger partial charge in [0.2, 0.25) is 0 Å². The fraction of sp³-hybridized carbons (Fsp3) is 0.476. The van der Waals surface area contributed by atoms with E-state index in [0.717, 1.165) is 15.9 Å². The molecule has 0 spiro atoms. The van der Waals surface area contributed by atoms with Gasteiger partial charge < -0.3 is 20.5 Å². The maximum absolute atomic E-state index is 13.2. The van der Waals surface area contributed by atoms with Gasteiger partial charge in [-0.15, -0.1) is 11.3 Å². The van der Waals surface area contributed by atoms with Crippen LogP contribution in [0.4, 0.5) is 0 Å². The molecule has 0 fully saturated rings. The van der Waals surface area contributed by atoms with E-state index in [4.69, 9.17) is 5.11 Å². The van der Waals surface area contributed by atoms with Crippen molar-refractivity contribution < 1.29 is 15.0 Å². The first-order chi connectivity index (χ1) is 15.5. The van der Waals surface area contributed by atoms with Crippen LogP contribution in [0.25, 0.3) is 10.2 Å². The van der Waals surface area contributed by atoms with Gasteiger partial charge in [0.15, 0.2) is 6.61 Å². The van der Waals surface area contributed by atoms with Crippen molar-refractivity contribution in [3.05, 3.63) is 59.2 Å². The van der Waals surface area contributed by atoms with Gasteiger partial charge in [-0.05, 0) is 12.8 Å². The van der Waals surface area contributed by atoms with Gasteiger partial charge in [0.1, 0.15) is 16.6 Å². The molecule has 3 rings (SSSR count). The summed E-state index contributed by atoms with van der Waals surface area (Å²) in [4.78, 5) is 59.1. The van der Waals surface area contributed by atoms with Gasteiger partial charge in [-0.1, -0.05) is 13.8 Å². The standard InChI is InChI=1S/C21H27N5O6S/c1-10(2)8-26-20-16(19(31)25(4)21(26)32)15(18(30)23-7-12(28)9-27)14(33-20)5-13-17(29)22-6-11(3)24-13/h6,10,12,27-28H,5,7-9H2,1-4H3,(H,22,29)(H,23,30)/p+1/t12-/m0/s1. The predicted molar refractivity (Wildman–Crippen MR) is 125 cm³/mol. The summed E-state index contributed by atoms with van der Waals surface area (Å²) < 4.78 is 2.44. The van der Waals surface area contributed by atoms with Crippen molar-refractivity contribution in [3.8, 4) is 0 Å². The number of rotatable bonds is 8. The van der Waals surface area contributed by atoms with Gasteiger partial charge in [0.05, 0.1) is 23.2 Å². The molecule has 0 aliphatic carbocycles. The molecule has 11 nitrogen and oxygen atoms in total. The molecule has 3 aromatic heterocycles. The van der Waals surface area contributed by atoms with Crippen molar-refractivity contribution >= 4 is 27.5 Å². The van der Waals surface area contributed by atoms with Crippen LogP contribution in [-0.4, -0.2) is 54.5 Å². The lowest BCUT2D eigenvalue weighted by molar-refractivity contribution is 0.0802. The number of hydrogen-bond acceptors (Lipinski definition) is 7. The van der Waals surface area contributed by atoms with Gasteiger partial charge in [-0.2, -0.15) is 0 Å². The lowest BCUT2D eigenvalue weighted by atomic mass is 10.1. The number of nitrogens with zero attached hydrogens (tertiary/aromatic N) is 3. The average Bonchev–Trinajstić information content (AvgIpc) is 3.14. The second-order valence-electron chi connectivity index (χ2n) is 8.29. The molecule has 0 radical (unpaired) electrons. The maximum atomic E-state index is 13.2. The number of aryl methyl sites for hydroxylation is 1. The van der Waals surface area contributed by atoms with Gasteiger partial charge in [0.25, 0.3) is 17.0 Å². The molecule has 0 saturated heterocycles. The van der Waals surface area contributed by atoms with Crippen molar-refractivity contribution in [1.82, 2.24) is 24.4 Å². The monoisotopic (exact) mass is 478 g/mol. The van der Waals surface area contributed by atoms with Crippen LogP contribution >= 0.6 is 11.3 Å². The quantitative estimate of drug-likeness (QED) is 0.360. The largest absolute Gasteiger partial charge is 0.443 e. The molecule has 178 valence electrons. The second kappa shape index (κ2) is 9.81. The number of carbonyl (C=O) groups excluding carboxylic acids is 1. The minimum Gasteiger partial charge on any atom is -0.443 e. The molecule has 0 unspecified atom stereocenters. The summed E-state index contributed by atoms with van der Waals surface area (Å²) in [5.41, 5.74) is -0.708. The van der Waals surface area contributed by atoms with E-state index >= 15 is 0 Å². The Kier molecular flexibility index (Phi) is 7.30. The second-order valence-corrected chi connectivity index (χ2v) is 9.38. The molecule has 0 bridgehead atoms. The number of nitrogens with one attached hydrogen (secondary N) is 2. The molecule has 0 aliphatic rings. The number of amides is 1. The van der Waals surface area contributed by atoms with E-state index in [1.165, 1.54) is 17.8 Å². The number of aromatic nitrogens is 4. The zero-order chi connectivity index (χ0) is 24.4. The van der Waals surface area contributed by atoms with Crippen LogP contribution in [0.5, 0.6) is 0 Å². The van der Waals surface area contributed by atoms with Crippen LogP contribution in [0, 0.1) is 12.8 Å². The third-order valence-electron chi connectivity index (χ3n) is 5.07. The Morgan fingerprint density at radius 3 is 2.67 bits per heavy atom. The molecule has 12 heteroatoms. The van der Waals surface area contributed by atoms with Gasteiger partial charge >= 0.3 is 5.69 Å². The number of hydrogen-bond donors (Lipinski definition) is 3. The average molecular weight is 479 g/mol. The SMILES string of the molecule is Cc1c[nH]c(=O)c(Cc2sc3c(c2C(=O)NC[C@H](O)C[OH2+])c(=O)n(C)c(=O)n3CC(C)C)n1. The molecule has 0 saturated carbocycles. The summed E-state index contributed by atoms with van der Waals surface area (Å²) in [6.07, 6.45) is 0.396. The zero-order valence-corrected chi connectivity index (χ0v) is 19.7. The minimum absolute atomic E-state index is 0.0147. The molecular weight excluding hydrogens is 450 g/mol. The highest BCUT2D eigenvalue weighted by atomic mass is 32.1. The van der Waals surface area contributed by atoms with Crippen LogP contribution in [-0.2, 0) is 20.0 Å².